The van der Waals surface area contributed by atoms with E-state index < -0.39 is 0 Å². The SMILES string of the molecule is Cc1c2ccccc2cc2ccccc12.Cc1cc2ccc3cccc4ccc(c1)c2c34.Cc1cc2cccc3ccc4cccc1c4c32.Cc1cc2ccccc2c2ccccc12.Cc1ccc2ccc3cccc4ccc1c2c34.Cc1ccc2ccccc2c1.Cc1cccc2ccccc12. The van der Waals surface area contributed by atoms with Crippen LogP contribution >= 0.6 is 0 Å². The van der Waals surface area contributed by atoms with E-state index in [-0.39, 0.29) is 0 Å². The van der Waals surface area contributed by atoms with Gasteiger partial charge in [0.25, 0.3) is 0 Å². The molecule has 0 saturated heterocycles. The van der Waals surface area contributed by atoms with Crippen molar-refractivity contribution < 1.29 is 0 Å². The molecule has 22 aromatic rings. The average molecular weight is 1320 g/mol. The summed E-state index contributed by atoms with van der Waals surface area (Å²) in [5.74, 6) is 0. The van der Waals surface area contributed by atoms with Gasteiger partial charge in [-0.15, -0.1) is 0 Å². The van der Waals surface area contributed by atoms with Crippen LogP contribution in [0.4, 0.5) is 0 Å². The van der Waals surface area contributed by atoms with Crippen molar-refractivity contribution in [3.05, 3.63) is 397 Å². The van der Waals surface area contributed by atoms with Gasteiger partial charge in [-0.2, -0.15) is 0 Å². The zero-order valence-electron chi connectivity index (χ0n) is 59.6. The molecule has 22 rings (SSSR count). The maximum atomic E-state index is 2.30. The van der Waals surface area contributed by atoms with Crippen molar-refractivity contribution in [3.63, 3.8) is 0 Å². The summed E-state index contributed by atoms with van der Waals surface area (Å²) in [6.45, 7) is 15.2. The molecule has 0 aliphatic heterocycles. The van der Waals surface area contributed by atoms with Crippen LogP contribution < -0.4 is 0 Å². The van der Waals surface area contributed by atoms with Gasteiger partial charge in [0.05, 0.1) is 0 Å². The third-order valence-corrected chi connectivity index (χ3v) is 21.0. The fourth-order valence-corrected chi connectivity index (χ4v) is 15.9. The summed E-state index contributed by atoms with van der Waals surface area (Å²) in [5.41, 5.74) is 9.45. The van der Waals surface area contributed by atoms with E-state index >= 15 is 0 Å². The first kappa shape index (κ1) is 65.2. The van der Waals surface area contributed by atoms with Crippen molar-refractivity contribution >= 4 is 162 Å². The Hall–Kier alpha value is -12.5. The van der Waals surface area contributed by atoms with E-state index in [2.05, 4.69) is 406 Å². The van der Waals surface area contributed by atoms with Gasteiger partial charge in [0.1, 0.15) is 0 Å². The first-order valence-electron chi connectivity index (χ1n) is 36.0. The molecule has 0 amide bonds. The predicted octanol–water partition coefficient (Wildman–Crippen LogP) is 29.6. The molecule has 0 nitrogen and oxygen atoms in total. The van der Waals surface area contributed by atoms with Crippen LogP contribution in [-0.4, -0.2) is 0 Å². The molecule has 492 valence electrons. The van der Waals surface area contributed by atoms with Crippen LogP contribution in [0, 0.1) is 48.5 Å². The summed E-state index contributed by atoms with van der Waals surface area (Å²) >= 11 is 0. The molecule has 103 heavy (non-hydrogen) atoms. The number of rotatable bonds is 0. The van der Waals surface area contributed by atoms with Gasteiger partial charge in [-0.3, -0.25) is 0 Å². The van der Waals surface area contributed by atoms with Crippen LogP contribution in [0.15, 0.2) is 358 Å². The highest BCUT2D eigenvalue weighted by molar-refractivity contribution is 6.26. The van der Waals surface area contributed by atoms with Crippen LogP contribution in [0.3, 0.4) is 0 Å². The van der Waals surface area contributed by atoms with Crippen LogP contribution in [0.1, 0.15) is 38.9 Å². The molecule has 0 radical (unpaired) electrons. The summed E-state index contributed by atoms with van der Waals surface area (Å²) in [4.78, 5) is 0. The van der Waals surface area contributed by atoms with E-state index in [4.69, 9.17) is 0 Å². The van der Waals surface area contributed by atoms with Crippen molar-refractivity contribution in [2.45, 2.75) is 48.5 Å². The minimum Gasteiger partial charge on any atom is -0.0616 e. The maximum Gasteiger partial charge on any atom is -0.00241 e. The Morgan fingerprint density at radius 3 is 1.01 bits per heavy atom. The number of aryl methyl sites for hydroxylation is 7. The largest absolute Gasteiger partial charge is 0.0616 e. The topological polar surface area (TPSA) is 0 Å². The molecule has 22 aromatic carbocycles. The highest BCUT2D eigenvalue weighted by atomic mass is 14.2. The van der Waals surface area contributed by atoms with Crippen molar-refractivity contribution in [1.29, 1.82) is 0 Å². The second-order valence-corrected chi connectivity index (χ2v) is 27.8. The maximum absolute atomic E-state index is 2.30. The highest BCUT2D eigenvalue weighted by Crippen LogP contribution is 2.39. The average Bonchev–Trinajstić information content (AvgIpc) is 0.755. The zero-order valence-corrected chi connectivity index (χ0v) is 59.6. The molecule has 0 unspecified atom stereocenters. The zero-order chi connectivity index (χ0) is 70.1. The molecule has 0 spiro atoms. The molecule has 0 saturated carbocycles. The Morgan fingerprint density at radius 1 is 0.126 bits per heavy atom. The minimum absolute atomic E-state index is 1.32. The third kappa shape index (κ3) is 12.9. The number of hydrogen-bond donors (Lipinski definition) is 0. The predicted molar refractivity (Wildman–Crippen MR) is 454 cm³/mol. The molecule has 0 atom stereocenters. The van der Waals surface area contributed by atoms with Gasteiger partial charge < -0.3 is 0 Å². The Bertz CT molecular complexity index is 6610. The van der Waals surface area contributed by atoms with Gasteiger partial charge in [0, 0.05) is 0 Å². The van der Waals surface area contributed by atoms with Crippen molar-refractivity contribution in [1.82, 2.24) is 0 Å². The summed E-state index contributed by atoms with van der Waals surface area (Å²) in [5, 5.41) is 40.7. The monoisotopic (exact) mass is 1320 g/mol. The van der Waals surface area contributed by atoms with Crippen LogP contribution in [0.2, 0.25) is 0 Å². The minimum atomic E-state index is 1.32. The van der Waals surface area contributed by atoms with Crippen LogP contribution in [-0.2, 0) is 0 Å². The fourth-order valence-electron chi connectivity index (χ4n) is 15.9. The van der Waals surface area contributed by atoms with Gasteiger partial charge in [0.15, 0.2) is 0 Å². The van der Waals surface area contributed by atoms with E-state index in [1.165, 1.54) is 201 Å². The van der Waals surface area contributed by atoms with Crippen molar-refractivity contribution in [2.24, 2.45) is 0 Å². The molecule has 0 heterocycles. The van der Waals surface area contributed by atoms with E-state index in [0.717, 1.165) is 0 Å². The Balaban J connectivity index is 0.0000000934. The molecule has 0 aromatic heterocycles. The third-order valence-electron chi connectivity index (χ3n) is 21.0. The van der Waals surface area contributed by atoms with Gasteiger partial charge >= 0.3 is 0 Å². The Morgan fingerprint density at radius 2 is 0.427 bits per heavy atom. The molecule has 0 heteroatoms. The molecule has 0 aliphatic rings. The second-order valence-electron chi connectivity index (χ2n) is 27.8. The normalized spacial score (nSPS) is 11.3. The van der Waals surface area contributed by atoms with Gasteiger partial charge in [0.2, 0.25) is 0 Å². The van der Waals surface area contributed by atoms with E-state index in [1.807, 2.05) is 0 Å². The lowest BCUT2D eigenvalue weighted by Crippen LogP contribution is -1.85. The van der Waals surface area contributed by atoms with Crippen molar-refractivity contribution in [2.75, 3.05) is 0 Å². The molecular weight excluding hydrogens is 1240 g/mol. The summed E-state index contributed by atoms with van der Waals surface area (Å²) in [6, 6.07) is 128. The Labute approximate surface area is 603 Å². The fraction of sp³-hybridized carbons (Fsp3) is 0.0680. The second kappa shape index (κ2) is 28.3. The van der Waals surface area contributed by atoms with Crippen molar-refractivity contribution in [3.8, 4) is 0 Å². The number of benzene rings is 22. The number of hydrogen-bond acceptors (Lipinski definition) is 0. The summed E-state index contributed by atoms with van der Waals surface area (Å²) < 4.78 is 0. The quantitative estimate of drug-likeness (QED) is 0.105. The lowest BCUT2D eigenvalue weighted by Gasteiger charge is -2.12. The standard InChI is InChI=1S/3C17H12.2C15H12.2C11H10/c1-11-10-14-6-2-4-12-8-9-13-5-3-7-15(11)17(13)16(12)14;1-11-9-14-7-5-12-3-2-4-13-6-8-15(10-11)17(14)16(12)13;1-11-5-6-14-8-7-12-3-2-4-13-9-10-15(11)17(14)16(12)13;1-11-14-8-4-2-6-12(14)10-13-7-3-5-9-15(11)13;1-11-10-12-6-2-3-8-14(12)15-9-5-4-7-13(11)15;1-9-5-4-7-10-6-2-3-8-11(9)10;1-9-6-7-10-4-2-3-5-11(10)8-9/h3*2-10H,1H3;2*2-10H,1H3;2*2-8H,1H3. The summed E-state index contributed by atoms with van der Waals surface area (Å²) in [7, 11) is 0. The smallest absolute Gasteiger partial charge is 0.00241 e. The molecule has 0 fully saturated rings. The van der Waals surface area contributed by atoms with E-state index in [0.29, 0.717) is 0 Å². The highest BCUT2D eigenvalue weighted by Gasteiger charge is 2.12. The van der Waals surface area contributed by atoms with E-state index in [9.17, 15) is 0 Å². The molecule has 0 aliphatic carbocycles. The molecule has 0 bridgehead atoms. The lowest BCUT2D eigenvalue weighted by atomic mass is 9.92. The Kier molecular flexibility index (Phi) is 17.9. The molecular formula is C103H80. The summed E-state index contributed by atoms with van der Waals surface area (Å²) in [6.07, 6.45) is 0. The number of fused-ring (bicyclic) bond motifs is 7. The molecule has 0 N–H and O–H groups in total. The first-order chi connectivity index (χ1) is 50.5. The van der Waals surface area contributed by atoms with Gasteiger partial charge in [-0.1, -0.05) is 357 Å². The lowest BCUT2D eigenvalue weighted by molar-refractivity contribution is 1.51. The van der Waals surface area contributed by atoms with Crippen LogP contribution in [0.25, 0.3) is 162 Å². The van der Waals surface area contributed by atoms with Crippen LogP contribution in [0.5, 0.6) is 0 Å². The van der Waals surface area contributed by atoms with Gasteiger partial charge in [-0.05, 0) is 249 Å². The first-order valence-corrected chi connectivity index (χ1v) is 36.0. The van der Waals surface area contributed by atoms with E-state index in [1.54, 1.807) is 0 Å². The van der Waals surface area contributed by atoms with Gasteiger partial charge in [-0.25, -0.2) is 0 Å².